The highest BCUT2D eigenvalue weighted by atomic mass is 32.2. The van der Waals surface area contributed by atoms with Gasteiger partial charge in [-0.2, -0.15) is 26.3 Å². The van der Waals surface area contributed by atoms with Crippen LogP contribution in [-0.4, -0.2) is 27.6 Å². The molecule has 0 saturated heterocycles. The number of nitrogens with one attached hydrogen (secondary N) is 1. The normalized spacial score (nSPS) is 14.9. The maximum absolute atomic E-state index is 13.1. The van der Waals surface area contributed by atoms with E-state index < -0.39 is 63.2 Å². The van der Waals surface area contributed by atoms with Crippen molar-refractivity contribution >= 4 is 22.5 Å². The minimum atomic E-state index is -5.01. The summed E-state index contributed by atoms with van der Waals surface area (Å²) in [6.45, 7) is 9.90. The Bertz CT molecular complexity index is 780. The number of alkyl halides is 6. The van der Waals surface area contributed by atoms with Gasteiger partial charge in [0.05, 0.1) is 33.5 Å². The van der Waals surface area contributed by atoms with Gasteiger partial charge >= 0.3 is 18.3 Å². The third-order valence-corrected chi connectivity index (χ3v) is 5.43. The fourth-order valence-corrected chi connectivity index (χ4v) is 3.04. The van der Waals surface area contributed by atoms with E-state index in [4.69, 9.17) is 4.74 Å². The van der Waals surface area contributed by atoms with Gasteiger partial charge in [0.2, 0.25) is 0 Å². The highest BCUT2D eigenvalue weighted by molar-refractivity contribution is 7.84. The summed E-state index contributed by atoms with van der Waals surface area (Å²) in [4.78, 5) is 12.2. The monoisotopic (exact) mass is 459 g/mol. The van der Waals surface area contributed by atoms with Crippen molar-refractivity contribution in [2.75, 3.05) is 6.61 Å². The minimum absolute atomic E-state index is 0.00647. The number of carbonyl (C=O) groups is 1. The van der Waals surface area contributed by atoms with E-state index in [9.17, 15) is 35.3 Å². The van der Waals surface area contributed by atoms with E-state index in [0.717, 1.165) is 0 Å². The van der Waals surface area contributed by atoms with Crippen LogP contribution in [0.1, 0.15) is 50.8 Å². The van der Waals surface area contributed by atoms with E-state index in [1.807, 2.05) is 0 Å². The van der Waals surface area contributed by atoms with Gasteiger partial charge in [-0.05, 0) is 63.5 Å². The van der Waals surface area contributed by atoms with Crippen LogP contribution < -0.4 is 4.72 Å². The Balaban J connectivity index is 3.31. The van der Waals surface area contributed by atoms with Crippen LogP contribution in [0.15, 0.2) is 24.8 Å². The summed E-state index contributed by atoms with van der Waals surface area (Å²) in [6, 6.07) is -0.213. The third-order valence-electron chi connectivity index (χ3n) is 3.82. The molecule has 0 aliphatic heterocycles. The molecule has 170 valence electrons. The van der Waals surface area contributed by atoms with Gasteiger partial charge in [-0.1, -0.05) is 6.58 Å². The molecule has 0 aromatic heterocycles. The second-order valence-electron chi connectivity index (χ2n) is 7.41. The van der Waals surface area contributed by atoms with Crippen molar-refractivity contribution in [2.45, 2.75) is 57.3 Å². The Morgan fingerprint density at radius 2 is 1.53 bits per heavy atom. The second kappa shape index (κ2) is 9.51. The van der Waals surface area contributed by atoms with Crippen molar-refractivity contribution in [2.24, 2.45) is 0 Å². The molecular weight excluding hydrogens is 436 g/mol. The summed E-state index contributed by atoms with van der Waals surface area (Å²) in [6.07, 6.45) is -10.4. The Labute approximate surface area is 173 Å². The van der Waals surface area contributed by atoms with Crippen molar-refractivity contribution < 1.29 is 40.1 Å². The summed E-state index contributed by atoms with van der Waals surface area (Å²) in [5, 5.41) is 0. The molecule has 1 aromatic rings. The molecule has 4 nitrogen and oxygen atoms in total. The van der Waals surface area contributed by atoms with Crippen LogP contribution in [0.4, 0.5) is 26.3 Å². The maximum Gasteiger partial charge on any atom is 0.416 e. The Kier molecular flexibility index (Phi) is 8.29. The number of ether oxygens (including phenoxy) is 1. The number of esters is 1. The largest absolute Gasteiger partial charge is 0.465 e. The summed E-state index contributed by atoms with van der Waals surface area (Å²) in [7, 11) is -1.75. The van der Waals surface area contributed by atoms with Gasteiger partial charge in [-0.25, -0.2) is 8.93 Å². The van der Waals surface area contributed by atoms with Crippen molar-refractivity contribution in [1.29, 1.82) is 0 Å². The average Bonchev–Trinajstić information content (AvgIpc) is 2.58. The SMILES string of the molecule is C=C(C[C@@H](N[S@](=O)C(C)(C)C)C(=O)OCC)c1cc(C(F)(F)F)cc(C(F)(F)F)c1. The smallest absolute Gasteiger partial charge is 0.416 e. The number of benzene rings is 1. The Hall–Kier alpha value is -1.88. The molecule has 0 aliphatic rings. The molecular formula is C19H23F6NO3S. The zero-order valence-corrected chi connectivity index (χ0v) is 17.6. The van der Waals surface area contributed by atoms with Crippen LogP contribution in [-0.2, 0) is 32.9 Å². The lowest BCUT2D eigenvalue weighted by atomic mass is 9.96. The second-order valence-corrected chi connectivity index (χ2v) is 9.40. The van der Waals surface area contributed by atoms with Crippen molar-refractivity contribution in [3.05, 3.63) is 41.5 Å². The minimum Gasteiger partial charge on any atom is -0.465 e. The number of hydrogen-bond acceptors (Lipinski definition) is 3. The fourth-order valence-electron chi connectivity index (χ4n) is 2.25. The molecule has 0 saturated carbocycles. The molecule has 30 heavy (non-hydrogen) atoms. The number of rotatable bonds is 7. The molecule has 1 rings (SSSR count). The van der Waals surface area contributed by atoms with E-state index in [1.54, 1.807) is 20.8 Å². The molecule has 2 atom stereocenters. The first-order valence-electron chi connectivity index (χ1n) is 8.79. The van der Waals surface area contributed by atoms with E-state index in [1.165, 1.54) is 6.92 Å². The van der Waals surface area contributed by atoms with Gasteiger partial charge in [-0.3, -0.25) is 4.79 Å². The zero-order chi connectivity index (χ0) is 23.5. The first-order chi connectivity index (χ1) is 13.5. The first-order valence-corrected chi connectivity index (χ1v) is 9.94. The lowest BCUT2D eigenvalue weighted by Gasteiger charge is -2.24. The number of carbonyl (C=O) groups excluding carboxylic acids is 1. The molecule has 0 aliphatic carbocycles. The quantitative estimate of drug-likeness (QED) is 0.455. The van der Waals surface area contributed by atoms with Gasteiger partial charge in [0.15, 0.2) is 0 Å². The van der Waals surface area contributed by atoms with Gasteiger partial charge in [0, 0.05) is 0 Å². The Morgan fingerprint density at radius 1 is 1.07 bits per heavy atom. The highest BCUT2D eigenvalue weighted by Crippen LogP contribution is 2.38. The average molecular weight is 459 g/mol. The number of halogens is 6. The fraction of sp³-hybridized carbons (Fsp3) is 0.526. The summed E-state index contributed by atoms with van der Waals surface area (Å²) in [5.41, 5.74) is -3.60. The predicted octanol–water partition coefficient (Wildman–Crippen LogP) is 5.11. The predicted molar refractivity (Wildman–Crippen MR) is 102 cm³/mol. The van der Waals surface area contributed by atoms with Gasteiger partial charge in [0.1, 0.15) is 6.04 Å². The molecule has 11 heteroatoms. The van der Waals surface area contributed by atoms with Crippen LogP contribution in [0.2, 0.25) is 0 Å². The van der Waals surface area contributed by atoms with Crippen LogP contribution in [0, 0.1) is 0 Å². The molecule has 1 N–H and O–H groups in total. The van der Waals surface area contributed by atoms with E-state index in [0.29, 0.717) is 12.1 Å². The number of hydrogen-bond donors (Lipinski definition) is 1. The van der Waals surface area contributed by atoms with Crippen LogP contribution >= 0.6 is 0 Å². The van der Waals surface area contributed by atoms with Crippen molar-refractivity contribution in [3.63, 3.8) is 0 Å². The lowest BCUT2D eigenvalue weighted by Crippen LogP contribution is -2.44. The molecule has 0 amide bonds. The zero-order valence-electron chi connectivity index (χ0n) is 16.8. The van der Waals surface area contributed by atoms with Crippen LogP contribution in [0.3, 0.4) is 0 Å². The molecule has 0 unspecified atom stereocenters. The van der Waals surface area contributed by atoms with Crippen LogP contribution in [0.25, 0.3) is 5.57 Å². The lowest BCUT2D eigenvalue weighted by molar-refractivity contribution is -0.145. The molecule has 0 bridgehead atoms. The van der Waals surface area contributed by atoms with E-state index in [2.05, 4.69) is 11.3 Å². The molecule has 0 radical (unpaired) electrons. The van der Waals surface area contributed by atoms with Crippen molar-refractivity contribution in [1.82, 2.24) is 4.72 Å². The van der Waals surface area contributed by atoms with Crippen molar-refractivity contribution in [3.8, 4) is 0 Å². The van der Waals surface area contributed by atoms with E-state index in [-0.39, 0.29) is 18.2 Å². The van der Waals surface area contributed by atoms with Gasteiger partial charge < -0.3 is 4.74 Å². The summed E-state index contributed by atoms with van der Waals surface area (Å²) < 4.78 is 97.4. The topological polar surface area (TPSA) is 55.4 Å². The van der Waals surface area contributed by atoms with E-state index >= 15 is 0 Å². The first kappa shape index (κ1) is 26.2. The summed E-state index contributed by atoms with van der Waals surface area (Å²) in [5.74, 6) is -0.848. The maximum atomic E-state index is 13.1. The van der Waals surface area contributed by atoms with Crippen LogP contribution in [0.5, 0.6) is 0 Å². The van der Waals surface area contributed by atoms with Gasteiger partial charge in [0.25, 0.3) is 0 Å². The highest BCUT2D eigenvalue weighted by Gasteiger charge is 2.37. The molecule has 0 spiro atoms. The third kappa shape index (κ3) is 7.42. The van der Waals surface area contributed by atoms with Gasteiger partial charge in [-0.15, -0.1) is 0 Å². The summed E-state index contributed by atoms with van der Waals surface area (Å²) >= 11 is 0. The molecule has 0 fully saturated rings. The molecule has 1 aromatic carbocycles. The molecule has 0 heterocycles. The Morgan fingerprint density at radius 3 is 1.90 bits per heavy atom. The standard InChI is InChI=1S/C19H23F6NO3S/c1-6-29-16(27)15(26-30(28)17(3,4)5)7-11(2)12-8-13(18(20,21)22)10-14(9-12)19(23,24)25/h8-10,15,26H,2,6-7H2,1,3-5H3/t15-,30-/m1/s1.